The maximum absolute atomic E-state index is 12.2. The minimum absolute atomic E-state index is 0.217. The molecule has 0 aliphatic carbocycles. The van der Waals surface area contributed by atoms with Crippen LogP contribution in [-0.4, -0.2) is 35.9 Å². The van der Waals surface area contributed by atoms with Gasteiger partial charge < -0.3 is 19.0 Å². The highest BCUT2D eigenvalue weighted by Gasteiger charge is 2.54. The van der Waals surface area contributed by atoms with E-state index in [2.05, 4.69) is 4.98 Å². The van der Waals surface area contributed by atoms with Crippen LogP contribution in [0.25, 0.3) is 10.9 Å². The van der Waals surface area contributed by atoms with Gasteiger partial charge in [-0.1, -0.05) is 12.1 Å². The predicted molar refractivity (Wildman–Crippen MR) is 98.4 cm³/mol. The van der Waals surface area contributed by atoms with Crippen LogP contribution in [0.2, 0.25) is 0 Å². The third-order valence-electron chi connectivity index (χ3n) is 5.32. The second-order valence-electron chi connectivity index (χ2n) is 7.53. The SMILES string of the molecule is CCOC(=O)CC(B1OC(C)(C)C(C)(C)O1)c1cccc2[nH]ccc12. The summed E-state index contributed by atoms with van der Waals surface area (Å²) in [6.07, 6.45) is 2.12. The van der Waals surface area contributed by atoms with E-state index in [0.29, 0.717) is 6.61 Å². The van der Waals surface area contributed by atoms with Crippen molar-refractivity contribution >= 4 is 24.0 Å². The standard InChI is InChI=1S/C19H26BNO4/c1-6-23-17(22)12-15(20-24-18(2,3)19(4,5)25-20)13-8-7-9-16-14(13)10-11-21-16/h7-11,15,21H,6,12H2,1-5H3. The first-order chi connectivity index (χ1) is 11.7. The molecule has 1 aliphatic rings. The number of hydrogen-bond donors (Lipinski definition) is 1. The van der Waals surface area contributed by atoms with Crippen molar-refractivity contribution < 1.29 is 18.8 Å². The molecule has 2 heterocycles. The van der Waals surface area contributed by atoms with E-state index < -0.39 is 18.3 Å². The Balaban J connectivity index is 1.99. The third kappa shape index (κ3) is 3.33. The molecule has 1 unspecified atom stereocenters. The summed E-state index contributed by atoms with van der Waals surface area (Å²) >= 11 is 0. The minimum Gasteiger partial charge on any atom is -0.466 e. The zero-order valence-electron chi connectivity index (χ0n) is 15.6. The Bertz CT molecular complexity index is 752. The fourth-order valence-corrected chi connectivity index (χ4v) is 3.24. The van der Waals surface area contributed by atoms with Gasteiger partial charge in [-0.15, -0.1) is 0 Å². The highest BCUT2D eigenvalue weighted by atomic mass is 16.7. The van der Waals surface area contributed by atoms with Crippen LogP contribution in [0.15, 0.2) is 30.5 Å². The number of carbonyl (C=O) groups excluding carboxylic acids is 1. The average Bonchev–Trinajstić information content (AvgIpc) is 3.07. The highest BCUT2D eigenvalue weighted by molar-refractivity contribution is 6.48. The van der Waals surface area contributed by atoms with Crippen LogP contribution >= 0.6 is 0 Å². The van der Waals surface area contributed by atoms with E-state index in [0.717, 1.165) is 16.5 Å². The second kappa shape index (κ2) is 6.50. The molecule has 134 valence electrons. The number of nitrogens with one attached hydrogen (secondary N) is 1. The number of benzene rings is 1. The Labute approximate surface area is 149 Å². The lowest BCUT2D eigenvalue weighted by Crippen LogP contribution is -2.41. The lowest BCUT2D eigenvalue weighted by molar-refractivity contribution is -0.143. The molecular weight excluding hydrogens is 317 g/mol. The van der Waals surface area contributed by atoms with Gasteiger partial charge in [0.05, 0.1) is 24.2 Å². The van der Waals surface area contributed by atoms with E-state index in [-0.39, 0.29) is 18.2 Å². The van der Waals surface area contributed by atoms with E-state index in [4.69, 9.17) is 14.0 Å². The van der Waals surface area contributed by atoms with Crippen molar-refractivity contribution in [3.8, 4) is 0 Å². The number of ether oxygens (including phenoxy) is 1. The molecule has 0 spiro atoms. The van der Waals surface area contributed by atoms with Crippen LogP contribution in [0.4, 0.5) is 0 Å². The Morgan fingerprint density at radius 3 is 2.52 bits per heavy atom. The number of aromatic amines is 1. The van der Waals surface area contributed by atoms with E-state index in [1.165, 1.54) is 0 Å². The summed E-state index contributed by atoms with van der Waals surface area (Å²) in [7, 11) is -0.505. The number of carbonyl (C=O) groups is 1. The molecule has 1 aliphatic heterocycles. The summed E-state index contributed by atoms with van der Waals surface area (Å²) in [5.41, 5.74) is 1.17. The largest absolute Gasteiger partial charge is 0.466 e. The first-order valence-electron chi connectivity index (χ1n) is 8.82. The molecule has 0 radical (unpaired) electrons. The van der Waals surface area contributed by atoms with E-state index in [1.807, 2.05) is 65.1 Å². The summed E-state index contributed by atoms with van der Waals surface area (Å²) in [5, 5.41) is 1.08. The molecular formula is C19H26BNO4. The summed E-state index contributed by atoms with van der Waals surface area (Å²) in [4.78, 5) is 15.5. The molecule has 25 heavy (non-hydrogen) atoms. The van der Waals surface area contributed by atoms with Gasteiger partial charge in [0.15, 0.2) is 0 Å². The normalized spacial score (nSPS) is 20.0. The fraction of sp³-hybridized carbons (Fsp3) is 0.526. The number of hydrogen-bond acceptors (Lipinski definition) is 4. The monoisotopic (exact) mass is 343 g/mol. The van der Waals surface area contributed by atoms with Crippen molar-refractivity contribution in [1.82, 2.24) is 4.98 Å². The van der Waals surface area contributed by atoms with E-state index in [9.17, 15) is 4.79 Å². The number of fused-ring (bicyclic) bond motifs is 1. The Hall–Kier alpha value is -1.79. The molecule has 1 saturated heterocycles. The van der Waals surface area contributed by atoms with Gasteiger partial charge in [-0.3, -0.25) is 4.79 Å². The number of aromatic nitrogens is 1. The van der Waals surface area contributed by atoms with Crippen molar-refractivity contribution in [2.45, 2.75) is 58.1 Å². The third-order valence-corrected chi connectivity index (χ3v) is 5.32. The van der Waals surface area contributed by atoms with Crippen molar-refractivity contribution in [3.63, 3.8) is 0 Å². The quantitative estimate of drug-likeness (QED) is 0.662. The summed E-state index contributed by atoms with van der Waals surface area (Å²) in [6, 6.07) is 8.06. The fourth-order valence-electron chi connectivity index (χ4n) is 3.24. The Kier molecular flexibility index (Phi) is 4.69. The number of rotatable bonds is 5. The molecule has 1 aromatic carbocycles. The van der Waals surface area contributed by atoms with Crippen molar-refractivity contribution in [2.75, 3.05) is 6.61 Å². The smallest absolute Gasteiger partial charge is 0.466 e. The van der Waals surface area contributed by atoms with Gasteiger partial charge in [-0.05, 0) is 52.3 Å². The zero-order valence-corrected chi connectivity index (χ0v) is 15.6. The van der Waals surface area contributed by atoms with Crippen LogP contribution in [0.5, 0.6) is 0 Å². The molecule has 1 atom stereocenters. The Morgan fingerprint density at radius 2 is 1.88 bits per heavy atom. The van der Waals surface area contributed by atoms with E-state index in [1.54, 1.807) is 0 Å². The van der Waals surface area contributed by atoms with Gasteiger partial charge in [0.2, 0.25) is 0 Å². The van der Waals surface area contributed by atoms with Gasteiger partial charge in [0.1, 0.15) is 0 Å². The molecule has 5 nitrogen and oxygen atoms in total. The van der Waals surface area contributed by atoms with Crippen LogP contribution in [-0.2, 0) is 18.8 Å². The van der Waals surface area contributed by atoms with Crippen LogP contribution in [0.3, 0.4) is 0 Å². The topological polar surface area (TPSA) is 60.6 Å². The summed E-state index contributed by atoms with van der Waals surface area (Å²) in [6.45, 7) is 10.3. The van der Waals surface area contributed by atoms with Gasteiger partial charge in [0.25, 0.3) is 0 Å². The van der Waals surface area contributed by atoms with Crippen LogP contribution in [0, 0.1) is 0 Å². The average molecular weight is 343 g/mol. The van der Waals surface area contributed by atoms with Crippen molar-refractivity contribution in [2.24, 2.45) is 0 Å². The highest BCUT2D eigenvalue weighted by Crippen LogP contribution is 2.42. The summed E-state index contributed by atoms with van der Waals surface area (Å²) in [5.74, 6) is -0.477. The van der Waals surface area contributed by atoms with Gasteiger partial charge >= 0.3 is 13.1 Å². The van der Waals surface area contributed by atoms with Crippen LogP contribution in [0.1, 0.15) is 52.4 Å². The van der Waals surface area contributed by atoms with Crippen LogP contribution < -0.4 is 0 Å². The predicted octanol–water partition coefficient (Wildman–Crippen LogP) is 3.84. The molecule has 1 aromatic heterocycles. The van der Waals surface area contributed by atoms with Crippen molar-refractivity contribution in [1.29, 1.82) is 0 Å². The lowest BCUT2D eigenvalue weighted by atomic mass is 9.65. The molecule has 1 N–H and O–H groups in total. The first-order valence-corrected chi connectivity index (χ1v) is 8.82. The zero-order chi connectivity index (χ0) is 18.2. The van der Waals surface area contributed by atoms with Gasteiger partial charge in [0, 0.05) is 22.9 Å². The number of H-pyrrole nitrogens is 1. The molecule has 0 amide bonds. The Morgan fingerprint density at radius 1 is 1.20 bits per heavy atom. The van der Waals surface area contributed by atoms with Gasteiger partial charge in [-0.25, -0.2) is 0 Å². The van der Waals surface area contributed by atoms with Gasteiger partial charge in [-0.2, -0.15) is 0 Å². The molecule has 2 aromatic rings. The second-order valence-corrected chi connectivity index (χ2v) is 7.53. The van der Waals surface area contributed by atoms with E-state index >= 15 is 0 Å². The maximum atomic E-state index is 12.2. The van der Waals surface area contributed by atoms with Crippen molar-refractivity contribution in [3.05, 3.63) is 36.0 Å². The molecule has 6 heteroatoms. The molecule has 3 rings (SSSR count). The first kappa shape index (κ1) is 18.0. The summed E-state index contributed by atoms with van der Waals surface area (Å²) < 4.78 is 17.7. The maximum Gasteiger partial charge on any atom is 0.466 e. The molecule has 1 fully saturated rings. The molecule has 0 bridgehead atoms. The minimum atomic E-state index is -0.505. The number of esters is 1. The molecule has 0 saturated carbocycles. The lowest BCUT2D eigenvalue weighted by Gasteiger charge is -2.32.